The Morgan fingerprint density at radius 2 is 1.93 bits per heavy atom. The third kappa shape index (κ3) is 3.84. The van der Waals surface area contributed by atoms with Crippen molar-refractivity contribution in [2.75, 3.05) is 31.1 Å². The van der Waals surface area contributed by atoms with E-state index < -0.39 is 0 Å². The maximum absolute atomic E-state index is 12.4. The number of ether oxygens (including phenoxy) is 1. The topological polar surface area (TPSA) is 58.6 Å². The molecule has 0 saturated carbocycles. The van der Waals surface area contributed by atoms with Gasteiger partial charge >= 0.3 is 6.09 Å². The minimum absolute atomic E-state index is 0.339. The van der Waals surface area contributed by atoms with Crippen molar-refractivity contribution in [3.8, 4) is 5.75 Å². The average Bonchev–Trinajstić information content (AvgIpc) is 3.13. The van der Waals surface area contributed by atoms with Crippen molar-refractivity contribution in [3.05, 3.63) is 46.6 Å². The molecule has 1 aliphatic rings. The molecule has 0 N–H and O–H groups in total. The molecule has 0 bridgehead atoms. The summed E-state index contributed by atoms with van der Waals surface area (Å²) in [7, 11) is 0. The van der Waals surface area contributed by atoms with E-state index in [4.69, 9.17) is 16.3 Å². The van der Waals surface area contributed by atoms with E-state index in [0.29, 0.717) is 37.0 Å². The van der Waals surface area contributed by atoms with Gasteiger partial charge in [0, 0.05) is 36.1 Å². The lowest BCUT2D eigenvalue weighted by Crippen LogP contribution is -2.49. The Labute approximate surface area is 166 Å². The number of carbonyl (C=O) groups is 1. The van der Waals surface area contributed by atoms with E-state index in [-0.39, 0.29) is 6.09 Å². The number of hydrogen-bond donors (Lipinski definition) is 0. The first-order chi connectivity index (χ1) is 13.1. The Bertz CT molecular complexity index is 952. The van der Waals surface area contributed by atoms with E-state index in [0.717, 1.165) is 22.5 Å². The molecule has 140 valence electrons. The number of hydrogen-bond acceptors (Lipinski definition) is 6. The van der Waals surface area contributed by atoms with Crippen LogP contribution in [0.4, 0.5) is 10.6 Å². The SMILES string of the molecule is CCc1cc2c(N3CCN(C(=O)Oc4ccc(Cl)cc4)CC3)ncnc2s1. The molecular weight excluding hydrogens is 384 g/mol. The lowest BCUT2D eigenvalue weighted by atomic mass is 10.2. The van der Waals surface area contributed by atoms with Crippen LogP contribution in [0.15, 0.2) is 36.7 Å². The Morgan fingerprint density at radius 1 is 1.19 bits per heavy atom. The highest BCUT2D eigenvalue weighted by Gasteiger charge is 2.25. The fraction of sp³-hybridized carbons (Fsp3) is 0.316. The van der Waals surface area contributed by atoms with Gasteiger partial charge in [-0.3, -0.25) is 0 Å². The van der Waals surface area contributed by atoms with Gasteiger partial charge in [0.15, 0.2) is 0 Å². The van der Waals surface area contributed by atoms with Gasteiger partial charge in [0.25, 0.3) is 0 Å². The third-order valence-corrected chi connectivity index (χ3v) is 6.00. The van der Waals surface area contributed by atoms with Gasteiger partial charge < -0.3 is 14.5 Å². The zero-order chi connectivity index (χ0) is 18.8. The summed E-state index contributed by atoms with van der Waals surface area (Å²) in [5, 5.41) is 1.70. The normalized spacial score (nSPS) is 14.6. The summed E-state index contributed by atoms with van der Waals surface area (Å²) in [6.07, 6.45) is 2.27. The Hall–Kier alpha value is -2.38. The van der Waals surface area contributed by atoms with E-state index in [1.165, 1.54) is 4.88 Å². The number of fused-ring (bicyclic) bond motifs is 1. The van der Waals surface area contributed by atoms with Gasteiger partial charge in [-0.1, -0.05) is 18.5 Å². The number of rotatable bonds is 3. The van der Waals surface area contributed by atoms with Crippen LogP contribution < -0.4 is 9.64 Å². The number of aromatic nitrogens is 2. The molecule has 27 heavy (non-hydrogen) atoms. The van der Waals surface area contributed by atoms with Crippen LogP contribution in [-0.4, -0.2) is 47.1 Å². The van der Waals surface area contributed by atoms with Crippen LogP contribution in [0.25, 0.3) is 10.2 Å². The molecule has 1 aliphatic heterocycles. The van der Waals surface area contributed by atoms with Crippen LogP contribution in [0.3, 0.4) is 0 Å². The highest BCUT2D eigenvalue weighted by atomic mass is 35.5. The van der Waals surface area contributed by atoms with Gasteiger partial charge in [0.05, 0.1) is 5.39 Å². The number of aryl methyl sites for hydroxylation is 1. The second-order valence-electron chi connectivity index (χ2n) is 6.28. The fourth-order valence-electron chi connectivity index (χ4n) is 3.09. The molecule has 1 aromatic carbocycles. The first-order valence-corrected chi connectivity index (χ1v) is 10.0. The molecule has 0 unspecified atom stereocenters. The summed E-state index contributed by atoms with van der Waals surface area (Å²) < 4.78 is 5.42. The van der Waals surface area contributed by atoms with Crippen molar-refractivity contribution in [2.24, 2.45) is 0 Å². The van der Waals surface area contributed by atoms with Crippen LogP contribution in [-0.2, 0) is 6.42 Å². The first kappa shape index (κ1) is 18.0. The minimum Gasteiger partial charge on any atom is -0.410 e. The van der Waals surface area contributed by atoms with Gasteiger partial charge in [0.2, 0.25) is 0 Å². The van der Waals surface area contributed by atoms with Gasteiger partial charge in [-0.2, -0.15) is 0 Å². The Balaban J connectivity index is 1.42. The van der Waals surface area contributed by atoms with Crippen molar-refractivity contribution in [2.45, 2.75) is 13.3 Å². The molecule has 6 nitrogen and oxygen atoms in total. The number of anilines is 1. The summed E-state index contributed by atoms with van der Waals surface area (Å²) in [6, 6.07) is 8.96. The fourth-order valence-corrected chi connectivity index (χ4v) is 4.14. The highest BCUT2D eigenvalue weighted by Crippen LogP contribution is 2.31. The summed E-state index contributed by atoms with van der Waals surface area (Å²) in [4.78, 5) is 27.5. The molecule has 2 aromatic heterocycles. The molecule has 0 radical (unpaired) electrons. The number of thiophene rings is 1. The third-order valence-electron chi connectivity index (χ3n) is 4.56. The summed E-state index contributed by atoms with van der Waals surface area (Å²) >= 11 is 7.57. The van der Waals surface area contributed by atoms with Crippen molar-refractivity contribution in [1.82, 2.24) is 14.9 Å². The Kier molecular flexibility index (Phi) is 5.13. The molecule has 0 spiro atoms. The van der Waals surface area contributed by atoms with Crippen molar-refractivity contribution in [3.63, 3.8) is 0 Å². The number of piperazine rings is 1. The molecule has 8 heteroatoms. The smallest absolute Gasteiger partial charge is 0.410 e. The van der Waals surface area contributed by atoms with Crippen molar-refractivity contribution < 1.29 is 9.53 Å². The van der Waals surface area contributed by atoms with Gasteiger partial charge in [0.1, 0.15) is 22.7 Å². The van der Waals surface area contributed by atoms with E-state index in [2.05, 4.69) is 27.9 Å². The van der Waals surface area contributed by atoms with E-state index in [1.54, 1.807) is 46.8 Å². The van der Waals surface area contributed by atoms with Crippen molar-refractivity contribution in [1.29, 1.82) is 0 Å². The summed E-state index contributed by atoms with van der Waals surface area (Å²) in [5.74, 6) is 1.44. The molecule has 3 aromatic rings. The number of halogens is 1. The molecule has 1 fully saturated rings. The monoisotopic (exact) mass is 402 g/mol. The lowest BCUT2D eigenvalue weighted by Gasteiger charge is -2.34. The van der Waals surface area contributed by atoms with Crippen LogP contribution in [0, 0.1) is 0 Å². The summed E-state index contributed by atoms with van der Waals surface area (Å²) in [5.41, 5.74) is 0. The minimum atomic E-state index is -0.339. The molecule has 0 aliphatic carbocycles. The van der Waals surface area contributed by atoms with Crippen LogP contribution in [0.5, 0.6) is 5.75 Å². The summed E-state index contributed by atoms with van der Waals surface area (Å²) in [6.45, 7) is 4.73. The largest absolute Gasteiger partial charge is 0.415 e. The molecule has 3 heterocycles. The predicted octanol–water partition coefficient (Wildman–Crippen LogP) is 4.23. The molecule has 4 rings (SSSR count). The van der Waals surface area contributed by atoms with E-state index >= 15 is 0 Å². The number of benzene rings is 1. The first-order valence-electron chi connectivity index (χ1n) is 8.84. The lowest BCUT2D eigenvalue weighted by molar-refractivity contribution is 0.149. The molecular formula is C19H19ClN4O2S. The van der Waals surface area contributed by atoms with Gasteiger partial charge in [-0.25, -0.2) is 14.8 Å². The number of amides is 1. The average molecular weight is 403 g/mol. The quantitative estimate of drug-likeness (QED) is 0.656. The molecule has 0 atom stereocenters. The van der Waals surface area contributed by atoms with Crippen LogP contribution >= 0.6 is 22.9 Å². The second kappa shape index (κ2) is 7.70. The zero-order valence-electron chi connectivity index (χ0n) is 14.9. The highest BCUT2D eigenvalue weighted by molar-refractivity contribution is 7.18. The van der Waals surface area contributed by atoms with Crippen molar-refractivity contribution >= 4 is 45.1 Å². The maximum atomic E-state index is 12.4. The zero-order valence-corrected chi connectivity index (χ0v) is 16.5. The van der Waals surface area contributed by atoms with Gasteiger partial charge in [-0.15, -0.1) is 11.3 Å². The van der Waals surface area contributed by atoms with Crippen LogP contribution in [0.2, 0.25) is 5.02 Å². The maximum Gasteiger partial charge on any atom is 0.415 e. The van der Waals surface area contributed by atoms with Crippen LogP contribution in [0.1, 0.15) is 11.8 Å². The molecule has 1 amide bonds. The van der Waals surface area contributed by atoms with Gasteiger partial charge in [-0.05, 0) is 36.8 Å². The number of carbonyl (C=O) groups excluding carboxylic acids is 1. The van der Waals surface area contributed by atoms with E-state index in [9.17, 15) is 4.79 Å². The second-order valence-corrected chi connectivity index (χ2v) is 7.83. The standard InChI is InChI=1S/C19H19ClN4O2S/c1-2-15-11-16-17(21-12-22-18(16)27-15)23-7-9-24(10-8-23)19(25)26-14-5-3-13(20)4-6-14/h3-6,11-12H,2,7-10H2,1H3. The molecule has 1 saturated heterocycles. The Morgan fingerprint density at radius 3 is 2.63 bits per heavy atom. The predicted molar refractivity (Wildman–Crippen MR) is 108 cm³/mol. The van der Waals surface area contributed by atoms with E-state index in [1.807, 2.05) is 0 Å². The number of nitrogens with zero attached hydrogens (tertiary/aromatic N) is 4.